The number of pyridine rings is 1. The lowest BCUT2D eigenvalue weighted by Gasteiger charge is -2.06. The average molecular weight is 261 g/mol. The van der Waals surface area contributed by atoms with Gasteiger partial charge in [0.2, 0.25) is 5.88 Å². The summed E-state index contributed by atoms with van der Waals surface area (Å²) >= 11 is 0. The van der Waals surface area contributed by atoms with Crippen LogP contribution in [0.3, 0.4) is 0 Å². The van der Waals surface area contributed by atoms with Crippen LogP contribution in [-0.4, -0.2) is 16.0 Å². The quantitative estimate of drug-likeness (QED) is 0.385. The van der Waals surface area contributed by atoms with Crippen molar-refractivity contribution in [1.29, 1.82) is 0 Å². The molecule has 0 unspecified atom stereocenters. The number of nitrogens with zero attached hydrogens (tertiary/aromatic N) is 2. The first-order valence-corrected chi connectivity index (χ1v) is 5.48. The third-order valence-corrected chi connectivity index (χ3v) is 2.50. The number of aryl methyl sites for hydroxylation is 1. The number of halogens is 1. The third kappa shape index (κ3) is 2.98. The van der Waals surface area contributed by atoms with E-state index in [9.17, 15) is 4.39 Å². The molecule has 5 nitrogen and oxygen atoms in total. The van der Waals surface area contributed by atoms with Gasteiger partial charge in [-0.3, -0.25) is 0 Å². The zero-order valence-electron chi connectivity index (χ0n) is 10.2. The maximum Gasteiger partial charge on any atom is 0.219 e. The molecule has 1 aromatic carbocycles. The van der Waals surface area contributed by atoms with Crippen LogP contribution >= 0.6 is 0 Å². The fourth-order valence-corrected chi connectivity index (χ4v) is 1.44. The number of amidine groups is 1. The predicted molar refractivity (Wildman–Crippen MR) is 68.0 cm³/mol. The lowest BCUT2D eigenvalue weighted by Crippen LogP contribution is -2.13. The first-order chi connectivity index (χ1) is 9.10. The molecule has 0 atom stereocenters. The molecule has 98 valence electrons. The minimum absolute atomic E-state index is 0.0534. The zero-order chi connectivity index (χ0) is 13.8. The first kappa shape index (κ1) is 12.8. The molecule has 1 aromatic heterocycles. The summed E-state index contributed by atoms with van der Waals surface area (Å²) in [6.45, 7) is 1.66. The van der Waals surface area contributed by atoms with Gasteiger partial charge in [0.05, 0.1) is 0 Å². The van der Waals surface area contributed by atoms with E-state index in [-0.39, 0.29) is 17.5 Å². The van der Waals surface area contributed by atoms with E-state index < -0.39 is 0 Å². The Balaban J connectivity index is 2.26. The Labute approximate surface area is 109 Å². The van der Waals surface area contributed by atoms with Crippen molar-refractivity contribution in [2.24, 2.45) is 10.9 Å². The van der Waals surface area contributed by atoms with E-state index in [1.807, 2.05) is 0 Å². The summed E-state index contributed by atoms with van der Waals surface area (Å²) in [5.41, 5.74) is 6.45. The van der Waals surface area contributed by atoms with Gasteiger partial charge in [-0.05, 0) is 24.6 Å². The van der Waals surface area contributed by atoms with Crippen LogP contribution in [0.5, 0.6) is 11.6 Å². The van der Waals surface area contributed by atoms with Crippen molar-refractivity contribution < 1.29 is 14.3 Å². The molecule has 6 heteroatoms. The molecule has 0 radical (unpaired) electrons. The largest absolute Gasteiger partial charge is 0.439 e. The fourth-order valence-electron chi connectivity index (χ4n) is 1.44. The summed E-state index contributed by atoms with van der Waals surface area (Å²) in [6, 6.07) is 7.58. The molecular weight excluding hydrogens is 249 g/mol. The molecule has 0 fully saturated rings. The molecule has 0 spiro atoms. The van der Waals surface area contributed by atoms with E-state index >= 15 is 0 Å². The number of ether oxygens (including phenoxy) is 1. The Bertz CT molecular complexity index is 629. The summed E-state index contributed by atoms with van der Waals surface area (Å²) < 4.78 is 18.8. The molecule has 1 heterocycles. The SMILES string of the molecule is Cc1ccc(Oc2cc(/C(N)=N/O)ccn2)cc1F. The summed E-state index contributed by atoms with van der Waals surface area (Å²) in [7, 11) is 0. The number of aromatic nitrogens is 1. The van der Waals surface area contributed by atoms with Crippen LogP contribution < -0.4 is 10.5 Å². The Morgan fingerprint density at radius 3 is 2.84 bits per heavy atom. The number of benzene rings is 1. The van der Waals surface area contributed by atoms with Gasteiger partial charge in [0.1, 0.15) is 11.6 Å². The Morgan fingerprint density at radius 2 is 2.16 bits per heavy atom. The molecule has 0 aliphatic rings. The van der Waals surface area contributed by atoms with Crippen LogP contribution in [0.25, 0.3) is 0 Å². The van der Waals surface area contributed by atoms with Gasteiger partial charge in [-0.25, -0.2) is 9.37 Å². The molecule has 0 saturated heterocycles. The second-order valence-electron chi connectivity index (χ2n) is 3.88. The molecule has 0 amide bonds. The Morgan fingerprint density at radius 1 is 1.37 bits per heavy atom. The molecule has 0 aliphatic carbocycles. The predicted octanol–water partition coefficient (Wildman–Crippen LogP) is 2.42. The van der Waals surface area contributed by atoms with Crippen LogP contribution in [0, 0.1) is 12.7 Å². The Kier molecular flexibility index (Phi) is 3.61. The van der Waals surface area contributed by atoms with Gasteiger partial charge >= 0.3 is 0 Å². The molecule has 3 N–H and O–H groups in total. The lowest BCUT2D eigenvalue weighted by atomic mass is 10.2. The number of hydrogen-bond donors (Lipinski definition) is 2. The topological polar surface area (TPSA) is 80.7 Å². The molecule has 19 heavy (non-hydrogen) atoms. The highest BCUT2D eigenvalue weighted by Gasteiger charge is 2.05. The number of oxime groups is 1. The highest BCUT2D eigenvalue weighted by atomic mass is 19.1. The van der Waals surface area contributed by atoms with Crippen molar-refractivity contribution in [3.05, 3.63) is 53.5 Å². The fraction of sp³-hybridized carbons (Fsp3) is 0.0769. The number of hydrogen-bond acceptors (Lipinski definition) is 4. The molecule has 0 saturated carbocycles. The van der Waals surface area contributed by atoms with E-state index in [0.29, 0.717) is 16.9 Å². The summed E-state index contributed by atoms with van der Waals surface area (Å²) in [6.07, 6.45) is 1.45. The van der Waals surface area contributed by atoms with E-state index in [1.165, 1.54) is 18.3 Å². The summed E-state index contributed by atoms with van der Waals surface area (Å²) in [5, 5.41) is 11.5. The van der Waals surface area contributed by atoms with Gasteiger partial charge in [-0.2, -0.15) is 0 Å². The van der Waals surface area contributed by atoms with Crippen LogP contribution in [0.15, 0.2) is 41.7 Å². The maximum absolute atomic E-state index is 13.4. The van der Waals surface area contributed by atoms with Gasteiger partial charge < -0.3 is 15.7 Å². The zero-order valence-corrected chi connectivity index (χ0v) is 10.2. The van der Waals surface area contributed by atoms with Crippen molar-refractivity contribution >= 4 is 5.84 Å². The van der Waals surface area contributed by atoms with Gasteiger partial charge in [0.25, 0.3) is 0 Å². The molecule has 2 aromatic rings. The van der Waals surface area contributed by atoms with E-state index in [2.05, 4.69) is 10.1 Å². The van der Waals surface area contributed by atoms with E-state index in [1.54, 1.807) is 25.1 Å². The number of rotatable bonds is 3. The monoisotopic (exact) mass is 261 g/mol. The van der Waals surface area contributed by atoms with Crippen molar-refractivity contribution in [3.63, 3.8) is 0 Å². The summed E-state index contributed by atoms with van der Waals surface area (Å²) in [4.78, 5) is 3.97. The second-order valence-corrected chi connectivity index (χ2v) is 3.88. The number of nitrogens with two attached hydrogens (primary N) is 1. The standard InChI is InChI=1S/C13H12FN3O2/c1-8-2-3-10(7-11(8)14)19-12-6-9(4-5-16-12)13(15)17-18/h2-7,18H,1H3,(H2,15,17). The highest BCUT2D eigenvalue weighted by molar-refractivity contribution is 5.97. The van der Waals surface area contributed by atoms with Crippen molar-refractivity contribution in [1.82, 2.24) is 4.98 Å². The molecule has 0 aliphatic heterocycles. The molecular formula is C13H12FN3O2. The van der Waals surface area contributed by atoms with Gasteiger partial charge in [0, 0.05) is 23.9 Å². The summed E-state index contributed by atoms with van der Waals surface area (Å²) in [5.74, 6) is 0.145. The van der Waals surface area contributed by atoms with Gasteiger partial charge in [-0.1, -0.05) is 11.2 Å². The average Bonchev–Trinajstić information content (AvgIpc) is 2.42. The molecule has 0 bridgehead atoms. The molecule has 2 rings (SSSR count). The van der Waals surface area contributed by atoms with Crippen LogP contribution in [0.4, 0.5) is 4.39 Å². The van der Waals surface area contributed by atoms with E-state index in [4.69, 9.17) is 15.7 Å². The third-order valence-electron chi connectivity index (χ3n) is 2.50. The minimum atomic E-state index is -0.356. The van der Waals surface area contributed by atoms with Crippen LogP contribution in [0.1, 0.15) is 11.1 Å². The van der Waals surface area contributed by atoms with Crippen molar-refractivity contribution in [2.45, 2.75) is 6.92 Å². The normalized spacial score (nSPS) is 11.4. The van der Waals surface area contributed by atoms with Gasteiger partial charge in [0.15, 0.2) is 5.84 Å². The first-order valence-electron chi connectivity index (χ1n) is 5.48. The lowest BCUT2D eigenvalue weighted by molar-refractivity contribution is 0.318. The van der Waals surface area contributed by atoms with E-state index in [0.717, 1.165) is 0 Å². The van der Waals surface area contributed by atoms with Gasteiger partial charge in [-0.15, -0.1) is 0 Å². The van der Waals surface area contributed by atoms with Crippen molar-refractivity contribution in [2.75, 3.05) is 0 Å². The maximum atomic E-state index is 13.4. The second kappa shape index (κ2) is 5.34. The van der Waals surface area contributed by atoms with Crippen LogP contribution in [-0.2, 0) is 0 Å². The smallest absolute Gasteiger partial charge is 0.219 e. The van der Waals surface area contributed by atoms with Crippen LogP contribution in [0.2, 0.25) is 0 Å². The van der Waals surface area contributed by atoms with Crippen molar-refractivity contribution in [3.8, 4) is 11.6 Å². The minimum Gasteiger partial charge on any atom is -0.439 e. The Hall–Kier alpha value is -2.63. The highest BCUT2D eigenvalue weighted by Crippen LogP contribution is 2.22.